The molecule has 32 heavy (non-hydrogen) atoms. The van der Waals surface area contributed by atoms with Crippen LogP contribution in [-0.4, -0.2) is 61.4 Å². The van der Waals surface area contributed by atoms with E-state index in [1.807, 2.05) is 0 Å². The van der Waals surface area contributed by atoms with Gasteiger partial charge in [-0.2, -0.15) is 0 Å². The predicted octanol–water partition coefficient (Wildman–Crippen LogP) is 2.43. The van der Waals surface area contributed by atoms with Crippen molar-refractivity contribution in [3.8, 4) is 0 Å². The Balaban J connectivity index is 2.14. The quantitative estimate of drug-likeness (QED) is 0.171. The van der Waals surface area contributed by atoms with Crippen LogP contribution >= 0.6 is 0 Å². The fourth-order valence-corrected chi connectivity index (χ4v) is 3.38. The molecule has 1 saturated heterocycles. The molecule has 0 aromatic heterocycles. The van der Waals surface area contributed by atoms with Gasteiger partial charge in [-0.05, 0) is 44.1 Å². The standard InChI is InChI=1S/C24H41N3O5/c1-17(2)23(31)32-14-8-11-26-20(28)9-7-10-25-12-13-27-21(29)15-19(22(27)30)16-24(5,6)18(3)4/h18-19,25H,1,7-16H2,2-6H3,(H,26,28). The highest BCUT2D eigenvalue weighted by molar-refractivity contribution is 6.03. The van der Waals surface area contributed by atoms with E-state index >= 15 is 0 Å². The molecule has 1 fully saturated rings. The lowest BCUT2D eigenvalue weighted by atomic mass is 9.74. The van der Waals surface area contributed by atoms with Crippen molar-refractivity contribution in [1.29, 1.82) is 0 Å². The second-order valence-electron chi connectivity index (χ2n) is 9.61. The van der Waals surface area contributed by atoms with Gasteiger partial charge in [0.25, 0.3) is 0 Å². The molecule has 1 rings (SSSR count). The molecule has 2 N–H and O–H groups in total. The van der Waals surface area contributed by atoms with Crippen LogP contribution in [0.5, 0.6) is 0 Å². The number of likely N-dealkylation sites (tertiary alicyclic amines) is 1. The smallest absolute Gasteiger partial charge is 0.333 e. The highest BCUT2D eigenvalue weighted by Gasteiger charge is 2.41. The lowest BCUT2D eigenvalue weighted by Crippen LogP contribution is -2.37. The third-order valence-electron chi connectivity index (χ3n) is 6.17. The molecule has 1 aliphatic heterocycles. The van der Waals surface area contributed by atoms with Crippen LogP contribution in [0.4, 0.5) is 0 Å². The molecule has 8 nitrogen and oxygen atoms in total. The van der Waals surface area contributed by atoms with Crippen molar-refractivity contribution in [1.82, 2.24) is 15.5 Å². The summed E-state index contributed by atoms with van der Waals surface area (Å²) in [5.41, 5.74) is 0.375. The summed E-state index contributed by atoms with van der Waals surface area (Å²) in [4.78, 5) is 49.3. The minimum atomic E-state index is -0.422. The molecule has 0 saturated carbocycles. The first-order valence-corrected chi connectivity index (χ1v) is 11.6. The number of carbonyl (C=O) groups is 4. The molecule has 0 bridgehead atoms. The topological polar surface area (TPSA) is 105 Å². The van der Waals surface area contributed by atoms with Crippen LogP contribution in [0.25, 0.3) is 0 Å². The Kier molecular flexibility index (Phi) is 11.6. The average molecular weight is 452 g/mol. The van der Waals surface area contributed by atoms with Gasteiger partial charge in [0.1, 0.15) is 0 Å². The minimum absolute atomic E-state index is 0.0184. The molecule has 8 heteroatoms. The van der Waals surface area contributed by atoms with Crippen molar-refractivity contribution in [2.75, 3.05) is 32.8 Å². The average Bonchev–Trinajstić information content (AvgIpc) is 2.96. The van der Waals surface area contributed by atoms with E-state index < -0.39 is 5.97 Å². The van der Waals surface area contributed by atoms with Gasteiger partial charge in [-0.1, -0.05) is 34.3 Å². The largest absolute Gasteiger partial charge is 0.462 e. The Morgan fingerprint density at radius 1 is 1.19 bits per heavy atom. The molecule has 0 aliphatic carbocycles. The van der Waals surface area contributed by atoms with Crippen molar-refractivity contribution >= 4 is 23.7 Å². The molecule has 0 radical (unpaired) electrons. The van der Waals surface area contributed by atoms with Crippen molar-refractivity contribution < 1.29 is 23.9 Å². The first kappa shape index (κ1) is 27.8. The van der Waals surface area contributed by atoms with E-state index in [-0.39, 0.29) is 35.7 Å². The highest BCUT2D eigenvalue weighted by atomic mass is 16.5. The Labute approximate surface area is 192 Å². The van der Waals surface area contributed by atoms with Crippen molar-refractivity contribution in [2.45, 2.75) is 66.7 Å². The molecule has 0 spiro atoms. The number of amides is 3. The van der Waals surface area contributed by atoms with Gasteiger partial charge in [0.05, 0.1) is 6.61 Å². The molecular formula is C24H41N3O5. The van der Waals surface area contributed by atoms with Crippen LogP contribution in [0.3, 0.4) is 0 Å². The van der Waals surface area contributed by atoms with Crippen LogP contribution in [0.1, 0.15) is 66.7 Å². The number of hydrogen-bond acceptors (Lipinski definition) is 6. The predicted molar refractivity (Wildman–Crippen MR) is 124 cm³/mol. The summed E-state index contributed by atoms with van der Waals surface area (Å²) >= 11 is 0. The first-order valence-electron chi connectivity index (χ1n) is 11.6. The van der Waals surface area contributed by atoms with E-state index in [0.717, 1.165) is 6.42 Å². The van der Waals surface area contributed by atoms with Gasteiger partial charge in [0, 0.05) is 44.0 Å². The summed E-state index contributed by atoms with van der Waals surface area (Å²) in [6.45, 7) is 15.9. The van der Waals surface area contributed by atoms with E-state index in [0.29, 0.717) is 63.4 Å². The Morgan fingerprint density at radius 2 is 1.88 bits per heavy atom. The van der Waals surface area contributed by atoms with E-state index in [2.05, 4.69) is 44.9 Å². The van der Waals surface area contributed by atoms with Crippen LogP contribution < -0.4 is 10.6 Å². The van der Waals surface area contributed by atoms with E-state index in [1.165, 1.54) is 4.90 Å². The molecule has 0 aromatic carbocycles. The molecule has 1 unspecified atom stereocenters. The molecular weight excluding hydrogens is 410 g/mol. The lowest BCUT2D eigenvalue weighted by Gasteiger charge is -2.31. The molecule has 1 atom stereocenters. The summed E-state index contributed by atoms with van der Waals surface area (Å²) in [7, 11) is 0. The number of imide groups is 1. The van der Waals surface area contributed by atoms with E-state index in [1.54, 1.807) is 6.92 Å². The SMILES string of the molecule is C=C(C)C(=O)OCCCNC(=O)CCCNCCN1C(=O)CC(CC(C)(C)C(C)C)C1=O. The molecule has 1 heterocycles. The molecule has 3 amide bonds. The van der Waals surface area contributed by atoms with Gasteiger partial charge < -0.3 is 15.4 Å². The van der Waals surface area contributed by atoms with Gasteiger partial charge >= 0.3 is 5.97 Å². The van der Waals surface area contributed by atoms with Crippen LogP contribution in [0, 0.1) is 17.3 Å². The summed E-state index contributed by atoms with van der Waals surface area (Å²) < 4.78 is 4.96. The van der Waals surface area contributed by atoms with Crippen LogP contribution in [-0.2, 0) is 23.9 Å². The van der Waals surface area contributed by atoms with E-state index in [9.17, 15) is 19.2 Å². The molecule has 182 valence electrons. The third kappa shape index (κ3) is 9.51. The Morgan fingerprint density at radius 3 is 2.50 bits per heavy atom. The Hall–Kier alpha value is -2.22. The van der Waals surface area contributed by atoms with Crippen molar-refractivity contribution in [3.05, 3.63) is 12.2 Å². The maximum atomic E-state index is 12.6. The monoisotopic (exact) mass is 451 g/mol. The van der Waals surface area contributed by atoms with Gasteiger partial charge in [0.15, 0.2) is 0 Å². The number of nitrogens with one attached hydrogen (secondary N) is 2. The zero-order valence-corrected chi connectivity index (χ0v) is 20.4. The van der Waals surface area contributed by atoms with Gasteiger partial charge in [0.2, 0.25) is 17.7 Å². The molecule has 0 aromatic rings. The molecule has 1 aliphatic rings. The lowest BCUT2D eigenvalue weighted by molar-refractivity contribution is -0.140. The zero-order valence-electron chi connectivity index (χ0n) is 20.4. The van der Waals surface area contributed by atoms with Crippen LogP contribution in [0.15, 0.2) is 12.2 Å². The highest BCUT2D eigenvalue weighted by Crippen LogP contribution is 2.37. The number of nitrogens with zero attached hydrogens (tertiary/aromatic N) is 1. The summed E-state index contributed by atoms with van der Waals surface area (Å²) in [6.07, 6.45) is 2.62. The maximum absolute atomic E-state index is 12.6. The summed E-state index contributed by atoms with van der Waals surface area (Å²) in [5.74, 6) is -0.396. The van der Waals surface area contributed by atoms with Crippen molar-refractivity contribution in [3.63, 3.8) is 0 Å². The van der Waals surface area contributed by atoms with Crippen LogP contribution in [0.2, 0.25) is 0 Å². The second-order valence-corrected chi connectivity index (χ2v) is 9.61. The maximum Gasteiger partial charge on any atom is 0.333 e. The fraction of sp³-hybridized carbons (Fsp3) is 0.750. The fourth-order valence-electron chi connectivity index (χ4n) is 3.38. The number of hydrogen-bond donors (Lipinski definition) is 2. The zero-order chi connectivity index (χ0) is 24.3. The number of rotatable bonds is 15. The number of carbonyl (C=O) groups excluding carboxylic acids is 4. The summed E-state index contributed by atoms with van der Waals surface area (Å²) in [6, 6.07) is 0. The van der Waals surface area contributed by atoms with Gasteiger partial charge in [-0.25, -0.2) is 4.79 Å². The first-order chi connectivity index (χ1) is 15.0. The minimum Gasteiger partial charge on any atom is -0.462 e. The van der Waals surface area contributed by atoms with Crippen molar-refractivity contribution in [2.24, 2.45) is 17.3 Å². The Bertz CT molecular complexity index is 687. The third-order valence-corrected chi connectivity index (χ3v) is 6.17. The summed E-state index contributed by atoms with van der Waals surface area (Å²) in [5, 5.41) is 5.98. The van der Waals surface area contributed by atoms with Gasteiger partial charge in [-0.15, -0.1) is 0 Å². The number of esters is 1. The second kappa shape index (κ2) is 13.4. The van der Waals surface area contributed by atoms with E-state index in [4.69, 9.17) is 4.74 Å². The number of ether oxygens (including phenoxy) is 1. The van der Waals surface area contributed by atoms with Gasteiger partial charge in [-0.3, -0.25) is 19.3 Å². The normalized spacial score (nSPS) is 16.6.